The molecule has 0 saturated heterocycles. The molecule has 0 aliphatic rings. The number of allylic oxidation sites excluding steroid dienone is 3. The van der Waals surface area contributed by atoms with E-state index in [1.54, 1.807) is 50.8 Å². The summed E-state index contributed by atoms with van der Waals surface area (Å²) >= 11 is 0. The lowest BCUT2D eigenvalue weighted by Gasteiger charge is -2.12. The number of benzene rings is 1. The van der Waals surface area contributed by atoms with E-state index in [2.05, 4.69) is 15.3 Å². The SMILES string of the molecule is CC(=O)c1ccc(-n2cnc3cc(N/C(N)=C/C=C(/C)N)ccc32)nc1-c1ccncc1C. The van der Waals surface area contributed by atoms with E-state index >= 15 is 0 Å². The van der Waals surface area contributed by atoms with Crippen molar-refractivity contribution in [1.82, 2.24) is 19.5 Å². The number of nitrogens with one attached hydrogen (secondary N) is 1. The number of hydrogen-bond donors (Lipinski definition) is 3. The fourth-order valence-electron chi connectivity index (χ4n) is 3.51. The fourth-order valence-corrected chi connectivity index (χ4v) is 3.51. The number of fused-ring (bicyclic) bond motifs is 1. The first-order valence-electron chi connectivity index (χ1n) is 10.4. The minimum Gasteiger partial charge on any atom is -0.402 e. The van der Waals surface area contributed by atoms with Crippen LogP contribution < -0.4 is 16.8 Å². The van der Waals surface area contributed by atoms with E-state index in [0.29, 0.717) is 28.6 Å². The molecule has 0 radical (unpaired) electrons. The van der Waals surface area contributed by atoms with E-state index in [1.807, 2.05) is 41.8 Å². The molecular weight excluding hydrogens is 414 g/mol. The van der Waals surface area contributed by atoms with Gasteiger partial charge in [-0.15, -0.1) is 0 Å². The lowest BCUT2D eigenvalue weighted by atomic mass is 10.0. The Hall–Kier alpha value is -4.46. The van der Waals surface area contributed by atoms with Crippen molar-refractivity contribution in [3.63, 3.8) is 0 Å². The zero-order chi connectivity index (χ0) is 23.5. The average molecular weight is 440 g/mol. The van der Waals surface area contributed by atoms with Crippen LogP contribution in [0.25, 0.3) is 28.1 Å². The summed E-state index contributed by atoms with van der Waals surface area (Å²) in [6, 6.07) is 11.3. The van der Waals surface area contributed by atoms with Crippen molar-refractivity contribution in [2.75, 3.05) is 5.32 Å². The molecule has 1 aromatic carbocycles. The van der Waals surface area contributed by atoms with Crippen molar-refractivity contribution < 1.29 is 4.79 Å². The molecule has 0 aliphatic heterocycles. The van der Waals surface area contributed by atoms with Crippen LogP contribution >= 0.6 is 0 Å². The van der Waals surface area contributed by atoms with Crippen LogP contribution in [-0.2, 0) is 0 Å². The van der Waals surface area contributed by atoms with Crippen LogP contribution in [0.3, 0.4) is 0 Å². The van der Waals surface area contributed by atoms with Gasteiger partial charge in [0.15, 0.2) is 5.78 Å². The molecule has 0 bridgehead atoms. The Morgan fingerprint density at radius 1 is 1.09 bits per heavy atom. The first-order valence-corrected chi connectivity index (χ1v) is 10.4. The van der Waals surface area contributed by atoms with Gasteiger partial charge < -0.3 is 16.8 Å². The minimum absolute atomic E-state index is 0.0446. The molecular formula is C25H25N7O. The first-order chi connectivity index (χ1) is 15.8. The summed E-state index contributed by atoms with van der Waals surface area (Å²) in [5, 5.41) is 3.13. The quantitative estimate of drug-likeness (QED) is 0.305. The maximum Gasteiger partial charge on any atom is 0.161 e. The number of nitrogens with zero attached hydrogens (tertiary/aromatic N) is 4. The molecule has 4 aromatic rings. The van der Waals surface area contributed by atoms with Crippen molar-refractivity contribution >= 4 is 22.5 Å². The lowest BCUT2D eigenvalue weighted by molar-refractivity contribution is 0.101. The molecule has 8 heteroatoms. The number of anilines is 1. The molecule has 3 heterocycles. The van der Waals surface area contributed by atoms with Crippen molar-refractivity contribution in [3.05, 3.63) is 89.9 Å². The lowest BCUT2D eigenvalue weighted by Crippen LogP contribution is -2.08. The molecule has 0 saturated carbocycles. The van der Waals surface area contributed by atoms with Gasteiger partial charge in [-0.05, 0) is 74.9 Å². The van der Waals surface area contributed by atoms with Crippen molar-refractivity contribution in [3.8, 4) is 17.1 Å². The zero-order valence-corrected chi connectivity index (χ0v) is 18.7. The topological polar surface area (TPSA) is 125 Å². The number of rotatable bonds is 6. The second-order valence-corrected chi connectivity index (χ2v) is 7.79. The van der Waals surface area contributed by atoms with Crippen LogP contribution in [0.1, 0.15) is 29.8 Å². The van der Waals surface area contributed by atoms with E-state index in [1.165, 1.54) is 0 Å². The van der Waals surface area contributed by atoms with Gasteiger partial charge in [-0.2, -0.15) is 0 Å². The Morgan fingerprint density at radius 2 is 1.91 bits per heavy atom. The number of carbonyl (C=O) groups is 1. The summed E-state index contributed by atoms with van der Waals surface area (Å²) in [6.45, 7) is 5.29. The van der Waals surface area contributed by atoms with Gasteiger partial charge in [-0.3, -0.25) is 14.3 Å². The van der Waals surface area contributed by atoms with Gasteiger partial charge in [0.25, 0.3) is 0 Å². The van der Waals surface area contributed by atoms with Crippen LogP contribution in [0.2, 0.25) is 0 Å². The second-order valence-electron chi connectivity index (χ2n) is 7.79. The van der Waals surface area contributed by atoms with E-state index in [0.717, 1.165) is 27.8 Å². The number of aromatic nitrogens is 4. The molecule has 0 amide bonds. The Kier molecular flexibility index (Phi) is 5.91. The highest BCUT2D eigenvalue weighted by atomic mass is 16.1. The van der Waals surface area contributed by atoms with Gasteiger partial charge in [0, 0.05) is 34.9 Å². The maximum atomic E-state index is 12.3. The minimum atomic E-state index is -0.0446. The molecule has 5 N–H and O–H groups in total. The summed E-state index contributed by atoms with van der Waals surface area (Å²) in [5.74, 6) is 1.09. The smallest absolute Gasteiger partial charge is 0.161 e. The molecule has 0 spiro atoms. The largest absolute Gasteiger partial charge is 0.402 e. The molecule has 33 heavy (non-hydrogen) atoms. The standard InChI is InChI=1S/C25H25N7O/c1-15-13-28-11-10-19(15)25-20(17(3)33)6-9-24(31-25)32-14-29-21-12-18(5-7-22(21)32)30-23(27)8-4-16(2)26/h4-14,30H,26-27H2,1-3H3/b16-4-,23-8+. The Bertz CT molecular complexity index is 1410. The van der Waals surface area contributed by atoms with E-state index < -0.39 is 0 Å². The number of carbonyl (C=O) groups excluding carboxylic acids is 1. The number of pyridine rings is 2. The van der Waals surface area contributed by atoms with Gasteiger partial charge in [-0.25, -0.2) is 9.97 Å². The number of nitrogens with two attached hydrogens (primary N) is 2. The molecule has 166 valence electrons. The predicted octanol–water partition coefficient (Wildman–Crippen LogP) is 4.07. The Balaban J connectivity index is 1.74. The highest BCUT2D eigenvalue weighted by Crippen LogP contribution is 2.28. The molecule has 0 fully saturated rings. The van der Waals surface area contributed by atoms with Crippen molar-refractivity contribution in [2.24, 2.45) is 11.5 Å². The third kappa shape index (κ3) is 4.59. The number of ketones is 1. The highest BCUT2D eigenvalue weighted by Gasteiger charge is 2.16. The number of aryl methyl sites for hydroxylation is 1. The zero-order valence-electron chi connectivity index (χ0n) is 18.7. The van der Waals surface area contributed by atoms with Crippen molar-refractivity contribution in [1.29, 1.82) is 0 Å². The van der Waals surface area contributed by atoms with E-state index in [4.69, 9.17) is 16.5 Å². The van der Waals surface area contributed by atoms with Crippen LogP contribution in [-0.4, -0.2) is 25.3 Å². The number of Topliss-reactive ketones (excluding diaryl/α,β-unsaturated/α-hetero) is 1. The van der Waals surface area contributed by atoms with Gasteiger partial charge in [-0.1, -0.05) is 0 Å². The predicted molar refractivity (Wildman–Crippen MR) is 131 cm³/mol. The van der Waals surface area contributed by atoms with Gasteiger partial charge in [0.2, 0.25) is 0 Å². The number of imidazole rings is 1. The van der Waals surface area contributed by atoms with Crippen LogP contribution in [0, 0.1) is 6.92 Å². The van der Waals surface area contributed by atoms with Gasteiger partial charge in [0.05, 0.1) is 16.7 Å². The monoisotopic (exact) mass is 439 g/mol. The molecule has 4 rings (SSSR count). The maximum absolute atomic E-state index is 12.3. The fraction of sp³-hybridized carbons (Fsp3) is 0.120. The van der Waals surface area contributed by atoms with Crippen LogP contribution in [0.15, 0.2) is 78.8 Å². The van der Waals surface area contributed by atoms with Gasteiger partial charge >= 0.3 is 0 Å². The van der Waals surface area contributed by atoms with Crippen molar-refractivity contribution in [2.45, 2.75) is 20.8 Å². The summed E-state index contributed by atoms with van der Waals surface area (Å²) in [7, 11) is 0. The highest BCUT2D eigenvalue weighted by molar-refractivity contribution is 6.00. The summed E-state index contributed by atoms with van der Waals surface area (Å²) in [6.07, 6.45) is 8.62. The third-order valence-electron chi connectivity index (χ3n) is 5.14. The van der Waals surface area contributed by atoms with Crippen LogP contribution in [0.5, 0.6) is 0 Å². The average Bonchev–Trinajstić information content (AvgIpc) is 3.21. The Labute approximate surface area is 191 Å². The number of hydrogen-bond acceptors (Lipinski definition) is 7. The normalized spacial score (nSPS) is 12.2. The Morgan fingerprint density at radius 3 is 2.64 bits per heavy atom. The van der Waals surface area contributed by atoms with E-state index in [-0.39, 0.29) is 5.78 Å². The molecule has 0 aliphatic carbocycles. The molecule has 3 aromatic heterocycles. The van der Waals surface area contributed by atoms with Crippen LogP contribution in [0.4, 0.5) is 5.69 Å². The van der Waals surface area contributed by atoms with E-state index in [9.17, 15) is 4.79 Å². The first kappa shape index (κ1) is 21.8. The molecule has 0 unspecified atom stereocenters. The molecule has 0 atom stereocenters. The summed E-state index contributed by atoms with van der Waals surface area (Å²) in [5.41, 5.74) is 17.8. The summed E-state index contributed by atoms with van der Waals surface area (Å²) in [4.78, 5) is 25.8. The molecule has 8 nitrogen and oxygen atoms in total. The van der Waals surface area contributed by atoms with Gasteiger partial charge in [0.1, 0.15) is 18.0 Å². The second kappa shape index (κ2) is 8.96. The third-order valence-corrected chi connectivity index (χ3v) is 5.14. The summed E-state index contributed by atoms with van der Waals surface area (Å²) < 4.78 is 1.89.